The number of anilines is 2. The van der Waals surface area contributed by atoms with Gasteiger partial charge in [-0.25, -0.2) is 39.1 Å². The number of rotatable bonds is 20. The van der Waals surface area contributed by atoms with Crippen molar-refractivity contribution < 1.29 is 38.6 Å². The van der Waals surface area contributed by atoms with E-state index in [0.29, 0.717) is 59.3 Å². The zero-order valence-corrected chi connectivity index (χ0v) is 53.9. The molecule has 0 spiro atoms. The Morgan fingerprint density at radius 2 is 1.00 bits per heavy atom. The fraction of sp³-hybridized carbons (Fsp3) is 0.250. The van der Waals surface area contributed by atoms with Crippen molar-refractivity contribution in [2.24, 2.45) is 14.1 Å². The lowest BCUT2D eigenvalue weighted by atomic mass is 10.1. The van der Waals surface area contributed by atoms with Gasteiger partial charge in [-0.3, -0.25) is 19.2 Å². The molecule has 0 radical (unpaired) electrons. The van der Waals surface area contributed by atoms with E-state index in [1.54, 1.807) is 58.3 Å². The molecule has 22 nitrogen and oxygen atoms in total. The number of halogens is 1. The molecule has 4 N–H and O–H groups in total. The molecular formula is C64H69ClN14O8Si2. The van der Waals surface area contributed by atoms with Gasteiger partial charge in [0.05, 0.1) is 17.0 Å². The maximum atomic E-state index is 12.6. The minimum absolute atomic E-state index is 0.00722. The zero-order chi connectivity index (χ0) is 63.7. The number of benzene rings is 3. The number of aromatic amines is 1. The standard InChI is InChI=1S/C25H30N6O3Si.C21H25ClN2O2Si.C18H14N6O3/c1-17(32)18-7-6-8-19(13-18)21-14-20-9-10-22(29-25(33)24-26-15-27-30(24)2)28-23(20)31(21)16-34-11-12-35(3,4)5;1-15(25)16-6-5-7-17(12-16)19-13-18-8-9-20(22)23-21(18)24(19)14-26-10-11-27(2,3)4;1-24-16(19-9-20-24)17(25)23-14-6-5-11-8-13(21-15(11)22-14)10-3-2-4-12(7-10)18(26)27/h6-10,13-15H,11-12,16H2,1-5H3,(H,28,29,33);5-9,12-13H,10-11,14H2,1-4H3;2-9H,1H3,(H,26,27)(H2,21,22,23,25). The van der Waals surface area contributed by atoms with E-state index >= 15 is 0 Å². The van der Waals surface area contributed by atoms with Gasteiger partial charge in [0.25, 0.3) is 11.8 Å². The smallest absolute Gasteiger partial charge is 0.335 e. The van der Waals surface area contributed by atoms with E-state index in [9.17, 15) is 24.0 Å². The highest BCUT2D eigenvalue weighted by Gasteiger charge is 2.21. The molecule has 2 amide bonds. The SMILES string of the molecule is CC(=O)c1cccc(-c2cc3ccc(Cl)nc3n2COCC[Si](C)(C)C)c1.CC(=O)c1cccc(-c2cc3ccc(NC(=O)c4ncnn4C)nc3n2COCC[Si](C)(C)C)c1.Cn1ncnc1C(=O)Nc1ccc2cc(-c3cccc(C(=O)O)c3)[nH]c2n1. The number of carbonyl (C=O) groups is 5. The lowest BCUT2D eigenvalue weighted by Gasteiger charge is -2.17. The van der Waals surface area contributed by atoms with Crippen LogP contribution in [0.4, 0.5) is 11.6 Å². The van der Waals surface area contributed by atoms with Gasteiger partial charge in [0.2, 0.25) is 11.6 Å². The average molecular weight is 1250 g/mol. The van der Waals surface area contributed by atoms with E-state index in [4.69, 9.17) is 31.2 Å². The van der Waals surface area contributed by atoms with E-state index in [2.05, 4.69) is 91.1 Å². The Balaban J connectivity index is 0.000000161. The second kappa shape index (κ2) is 27.6. The quantitative estimate of drug-likeness (QED) is 0.0239. The van der Waals surface area contributed by atoms with Crippen molar-refractivity contribution >= 4 is 102 Å². The predicted octanol–water partition coefficient (Wildman–Crippen LogP) is 12.8. The topological polar surface area (TPSA) is 274 Å². The second-order valence-corrected chi connectivity index (χ2v) is 35.2. The van der Waals surface area contributed by atoms with Crippen LogP contribution in [0.2, 0.25) is 56.5 Å². The Morgan fingerprint density at radius 1 is 0.551 bits per heavy atom. The third-order valence-corrected chi connectivity index (χ3v) is 17.8. The fourth-order valence-electron chi connectivity index (χ4n) is 9.30. The normalized spacial score (nSPS) is 11.5. The van der Waals surface area contributed by atoms with Crippen LogP contribution >= 0.6 is 11.6 Å². The molecule has 458 valence electrons. The zero-order valence-electron chi connectivity index (χ0n) is 51.1. The van der Waals surface area contributed by atoms with Crippen LogP contribution < -0.4 is 10.6 Å². The molecule has 0 atom stereocenters. The van der Waals surface area contributed by atoms with Gasteiger partial charge in [-0.15, -0.1) is 0 Å². The van der Waals surface area contributed by atoms with Crippen molar-refractivity contribution in [2.75, 3.05) is 23.8 Å². The first-order chi connectivity index (χ1) is 42.4. The minimum atomic E-state index is -1.24. The molecular weight excluding hydrogens is 1180 g/mol. The summed E-state index contributed by atoms with van der Waals surface area (Å²) in [4.78, 5) is 84.4. The molecule has 25 heteroatoms. The summed E-state index contributed by atoms with van der Waals surface area (Å²) in [6, 6.07) is 40.8. The van der Waals surface area contributed by atoms with Crippen molar-refractivity contribution in [3.63, 3.8) is 0 Å². The number of carbonyl (C=O) groups excluding carboxylic acids is 4. The number of aromatic nitrogens is 12. The van der Waals surface area contributed by atoms with Gasteiger partial charge in [0, 0.05) is 76.4 Å². The van der Waals surface area contributed by atoms with E-state index in [0.717, 1.165) is 74.3 Å². The number of ether oxygens (including phenoxy) is 2. The van der Waals surface area contributed by atoms with Crippen molar-refractivity contribution in [2.45, 2.75) is 78.7 Å². The monoisotopic (exact) mass is 1250 g/mol. The number of aromatic carboxylic acids is 1. The van der Waals surface area contributed by atoms with E-state index < -0.39 is 33.9 Å². The number of hydrogen-bond acceptors (Lipinski definition) is 14. The van der Waals surface area contributed by atoms with Crippen LogP contribution in [0.1, 0.15) is 66.2 Å². The van der Waals surface area contributed by atoms with Gasteiger partial charge in [-0.1, -0.05) is 99.4 Å². The number of pyridine rings is 3. The number of hydrogen-bond donors (Lipinski definition) is 4. The molecule has 89 heavy (non-hydrogen) atoms. The minimum Gasteiger partial charge on any atom is -0.478 e. The summed E-state index contributed by atoms with van der Waals surface area (Å²) >= 11 is 6.13. The number of H-pyrrole nitrogens is 1. The average Bonchev–Trinajstić information content (AvgIpc) is 2.51. The summed E-state index contributed by atoms with van der Waals surface area (Å²) in [5.41, 5.74) is 8.76. The summed E-state index contributed by atoms with van der Waals surface area (Å²) in [7, 11) is 0.897. The number of fused-ring (bicyclic) bond motifs is 3. The molecule has 11 rings (SSSR count). The first-order valence-corrected chi connectivity index (χ1v) is 36.4. The van der Waals surface area contributed by atoms with Gasteiger partial charge in [0.15, 0.2) is 11.6 Å². The van der Waals surface area contributed by atoms with Gasteiger partial charge in [-0.2, -0.15) is 10.2 Å². The maximum absolute atomic E-state index is 12.6. The molecule has 0 saturated carbocycles. The Morgan fingerprint density at radius 3 is 1.47 bits per heavy atom. The van der Waals surface area contributed by atoms with E-state index in [1.807, 2.05) is 94.1 Å². The predicted molar refractivity (Wildman–Crippen MR) is 350 cm³/mol. The molecule has 0 aliphatic heterocycles. The highest BCUT2D eigenvalue weighted by molar-refractivity contribution is 6.76. The number of Topliss-reactive ketones (excluding diaryl/α,β-unsaturated/α-hetero) is 2. The van der Waals surface area contributed by atoms with Gasteiger partial charge >= 0.3 is 5.97 Å². The Bertz CT molecular complexity index is 4420. The fourth-order valence-corrected chi connectivity index (χ4v) is 11.0. The van der Waals surface area contributed by atoms with Crippen molar-refractivity contribution in [3.8, 4) is 33.8 Å². The van der Waals surface area contributed by atoms with Crippen molar-refractivity contribution in [3.05, 3.63) is 174 Å². The molecule has 3 aromatic carbocycles. The molecule has 0 fully saturated rings. The number of carboxylic acids is 1. The van der Waals surface area contributed by atoms with Crippen LogP contribution in [0.5, 0.6) is 0 Å². The number of carboxylic acid groups (broad SMARTS) is 1. The lowest BCUT2D eigenvalue weighted by molar-refractivity contribution is 0.0695. The van der Waals surface area contributed by atoms with E-state index in [-0.39, 0.29) is 28.8 Å². The third kappa shape index (κ3) is 16.3. The lowest BCUT2D eigenvalue weighted by Crippen LogP contribution is -2.22. The Kier molecular flexibility index (Phi) is 19.8. The summed E-state index contributed by atoms with van der Waals surface area (Å²) < 4.78 is 18.9. The van der Waals surface area contributed by atoms with Crippen LogP contribution in [0.25, 0.3) is 66.9 Å². The van der Waals surface area contributed by atoms with Crippen LogP contribution in [0.3, 0.4) is 0 Å². The van der Waals surface area contributed by atoms with Crippen LogP contribution in [0, 0.1) is 0 Å². The molecule has 0 aliphatic carbocycles. The highest BCUT2D eigenvalue weighted by Crippen LogP contribution is 2.32. The van der Waals surface area contributed by atoms with Crippen LogP contribution in [0.15, 0.2) is 140 Å². The molecule has 0 aliphatic rings. The number of ketones is 2. The largest absolute Gasteiger partial charge is 0.478 e. The van der Waals surface area contributed by atoms with Gasteiger partial charge < -0.3 is 39.3 Å². The van der Waals surface area contributed by atoms with E-state index in [1.165, 1.54) is 28.1 Å². The van der Waals surface area contributed by atoms with Crippen LogP contribution in [-0.4, -0.2) is 122 Å². The van der Waals surface area contributed by atoms with Gasteiger partial charge in [-0.05, 0) is 121 Å². The maximum Gasteiger partial charge on any atom is 0.335 e. The first kappa shape index (κ1) is 63.9. The summed E-state index contributed by atoms with van der Waals surface area (Å²) in [5.74, 6) is -0.606. The first-order valence-electron chi connectivity index (χ1n) is 28.6. The highest BCUT2D eigenvalue weighted by atomic mass is 35.5. The molecule has 0 saturated heterocycles. The summed E-state index contributed by atoms with van der Waals surface area (Å²) in [5, 5.41) is 25.6. The van der Waals surface area contributed by atoms with Crippen molar-refractivity contribution in [1.82, 2.24) is 58.6 Å². The van der Waals surface area contributed by atoms with Crippen LogP contribution in [-0.2, 0) is 37.0 Å². The molecule has 0 bridgehead atoms. The molecule has 0 unspecified atom stereocenters. The third-order valence-electron chi connectivity index (χ3n) is 14.2. The molecule has 11 aromatic rings. The molecule has 8 heterocycles. The number of amides is 2. The number of nitrogens with one attached hydrogen (secondary N) is 3. The Labute approximate surface area is 520 Å². The Hall–Kier alpha value is -9.60. The van der Waals surface area contributed by atoms with Gasteiger partial charge in [0.1, 0.15) is 59.8 Å². The molecule has 8 aromatic heterocycles. The summed E-state index contributed by atoms with van der Waals surface area (Å²) in [6.07, 6.45) is 2.63. The summed E-state index contributed by atoms with van der Waals surface area (Å²) in [6.45, 7) is 19.2. The second-order valence-electron chi connectivity index (χ2n) is 23.6. The van der Waals surface area contributed by atoms with Crippen molar-refractivity contribution in [1.29, 1.82) is 0 Å². The number of aryl methyl sites for hydroxylation is 2. The number of nitrogens with zero attached hydrogens (tertiary/aromatic N) is 11.